The Kier molecular flexibility index (Phi) is 4.47. The van der Waals surface area contributed by atoms with Gasteiger partial charge in [-0.1, -0.05) is 30.3 Å². The van der Waals surface area contributed by atoms with E-state index in [1.165, 1.54) is 4.80 Å². The van der Waals surface area contributed by atoms with Gasteiger partial charge in [0.25, 0.3) is 0 Å². The Hall–Kier alpha value is -2.54. The highest BCUT2D eigenvalue weighted by atomic mass is 32.1. The van der Waals surface area contributed by atoms with Crippen LogP contribution in [-0.4, -0.2) is 38.1 Å². The summed E-state index contributed by atoms with van der Waals surface area (Å²) >= 11 is 1.57. The second kappa shape index (κ2) is 6.70. The molecule has 0 aliphatic carbocycles. The van der Waals surface area contributed by atoms with E-state index in [-0.39, 0.29) is 18.5 Å². The second-order valence-corrected chi connectivity index (χ2v) is 6.03. The van der Waals surface area contributed by atoms with Crippen LogP contribution in [0, 0.1) is 0 Å². The van der Waals surface area contributed by atoms with Crippen molar-refractivity contribution in [2.45, 2.75) is 19.5 Å². The molecule has 0 saturated carbocycles. The first kappa shape index (κ1) is 15.4. The molecule has 1 atom stereocenters. The van der Waals surface area contributed by atoms with Crippen LogP contribution >= 0.6 is 11.3 Å². The Morgan fingerprint density at radius 2 is 2.09 bits per heavy atom. The predicted molar refractivity (Wildman–Crippen MR) is 88.8 cm³/mol. The highest BCUT2D eigenvalue weighted by molar-refractivity contribution is 7.08. The normalized spacial score (nSPS) is 12.1. The molecule has 0 bridgehead atoms. The van der Waals surface area contributed by atoms with Crippen LogP contribution in [0.25, 0.3) is 11.4 Å². The third-order valence-corrected chi connectivity index (χ3v) is 4.45. The number of thiophene rings is 1. The van der Waals surface area contributed by atoms with Crippen molar-refractivity contribution in [2.24, 2.45) is 0 Å². The van der Waals surface area contributed by atoms with Gasteiger partial charge in [0.15, 0.2) is 0 Å². The van der Waals surface area contributed by atoms with E-state index in [9.17, 15) is 4.79 Å². The second-order valence-electron chi connectivity index (χ2n) is 5.25. The molecular weight excluding hydrogens is 310 g/mol. The van der Waals surface area contributed by atoms with Gasteiger partial charge in [-0.05, 0) is 29.1 Å². The average Bonchev–Trinajstić information content (AvgIpc) is 3.25. The summed E-state index contributed by atoms with van der Waals surface area (Å²) in [6.07, 6.45) is 0. The number of hydrogen-bond donors (Lipinski definition) is 0. The minimum atomic E-state index is -0.0596. The van der Waals surface area contributed by atoms with Crippen LogP contribution in [0.1, 0.15) is 18.5 Å². The zero-order valence-corrected chi connectivity index (χ0v) is 13.8. The van der Waals surface area contributed by atoms with Gasteiger partial charge in [-0.25, -0.2) is 0 Å². The molecule has 1 amide bonds. The van der Waals surface area contributed by atoms with Gasteiger partial charge in [0.2, 0.25) is 11.7 Å². The summed E-state index contributed by atoms with van der Waals surface area (Å²) in [5.41, 5.74) is 2.01. The lowest BCUT2D eigenvalue weighted by Crippen LogP contribution is -2.33. The Balaban J connectivity index is 1.67. The lowest BCUT2D eigenvalue weighted by Gasteiger charge is -2.25. The number of carbonyl (C=O) groups is 1. The molecule has 0 N–H and O–H groups in total. The van der Waals surface area contributed by atoms with Crippen molar-refractivity contribution < 1.29 is 4.79 Å². The van der Waals surface area contributed by atoms with Crippen LogP contribution in [0.3, 0.4) is 0 Å². The van der Waals surface area contributed by atoms with E-state index in [4.69, 9.17) is 0 Å². The number of nitrogens with zero attached hydrogens (tertiary/aromatic N) is 5. The third kappa shape index (κ3) is 3.45. The van der Waals surface area contributed by atoms with E-state index in [1.807, 2.05) is 54.1 Å². The number of amides is 1. The molecule has 0 spiro atoms. The van der Waals surface area contributed by atoms with Gasteiger partial charge in [0.05, 0.1) is 6.04 Å². The monoisotopic (exact) mass is 327 g/mol. The molecule has 0 fully saturated rings. The van der Waals surface area contributed by atoms with E-state index in [1.54, 1.807) is 23.3 Å². The number of rotatable bonds is 5. The lowest BCUT2D eigenvalue weighted by atomic mass is 10.1. The molecule has 1 aromatic carbocycles. The van der Waals surface area contributed by atoms with Crippen molar-refractivity contribution in [1.82, 2.24) is 25.1 Å². The van der Waals surface area contributed by atoms with Crippen LogP contribution in [0.2, 0.25) is 0 Å². The van der Waals surface area contributed by atoms with Crippen molar-refractivity contribution >= 4 is 17.2 Å². The Morgan fingerprint density at radius 1 is 1.30 bits per heavy atom. The predicted octanol–water partition coefficient (Wildman–Crippen LogP) is 2.62. The van der Waals surface area contributed by atoms with Crippen molar-refractivity contribution in [3.63, 3.8) is 0 Å². The fraction of sp³-hybridized carbons (Fsp3) is 0.250. The molecule has 0 saturated heterocycles. The van der Waals surface area contributed by atoms with Crippen LogP contribution in [0.5, 0.6) is 0 Å². The molecule has 3 rings (SSSR count). The van der Waals surface area contributed by atoms with Gasteiger partial charge in [-0.3, -0.25) is 4.79 Å². The standard InChI is InChI=1S/C16H17N5OS/c1-12(13-6-4-3-5-7-13)20(2)15(22)10-21-18-16(17-19-21)14-8-9-23-11-14/h3-9,11-12H,10H2,1-2H3/t12-/m1/s1. The Morgan fingerprint density at radius 3 is 2.78 bits per heavy atom. The van der Waals surface area contributed by atoms with Gasteiger partial charge < -0.3 is 4.90 Å². The summed E-state index contributed by atoms with van der Waals surface area (Å²) in [4.78, 5) is 15.5. The molecular formula is C16H17N5OS. The van der Waals surface area contributed by atoms with Crippen LogP contribution in [-0.2, 0) is 11.3 Å². The number of hydrogen-bond acceptors (Lipinski definition) is 5. The first-order valence-corrected chi connectivity index (χ1v) is 8.20. The number of carbonyl (C=O) groups excluding carboxylic acids is 1. The van der Waals surface area contributed by atoms with Crippen LogP contribution in [0.4, 0.5) is 0 Å². The lowest BCUT2D eigenvalue weighted by molar-refractivity contribution is -0.132. The molecule has 0 unspecified atom stereocenters. The minimum Gasteiger partial charge on any atom is -0.337 e. The molecule has 7 heteroatoms. The average molecular weight is 327 g/mol. The smallest absolute Gasteiger partial charge is 0.246 e. The maximum Gasteiger partial charge on any atom is 0.246 e. The summed E-state index contributed by atoms with van der Waals surface area (Å²) in [6, 6.07) is 11.8. The van der Waals surface area contributed by atoms with Crippen LogP contribution < -0.4 is 0 Å². The molecule has 6 nitrogen and oxygen atoms in total. The van der Waals surface area contributed by atoms with Crippen molar-refractivity contribution in [1.29, 1.82) is 0 Å². The quantitative estimate of drug-likeness (QED) is 0.722. The van der Waals surface area contributed by atoms with Gasteiger partial charge in [-0.2, -0.15) is 16.1 Å². The van der Waals surface area contributed by atoms with E-state index >= 15 is 0 Å². The van der Waals surface area contributed by atoms with Crippen molar-refractivity contribution in [3.05, 3.63) is 52.7 Å². The van der Waals surface area contributed by atoms with E-state index in [2.05, 4.69) is 15.4 Å². The van der Waals surface area contributed by atoms with Gasteiger partial charge in [-0.15, -0.1) is 10.2 Å². The summed E-state index contributed by atoms with van der Waals surface area (Å²) in [5.74, 6) is 0.480. The van der Waals surface area contributed by atoms with E-state index in [0.29, 0.717) is 5.82 Å². The maximum atomic E-state index is 12.4. The summed E-state index contributed by atoms with van der Waals surface area (Å²) in [7, 11) is 1.79. The van der Waals surface area contributed by atoms with Crippen LogP contribution in [0.15, 0.2) is 47.2 Å². The highest BCUT2D eigenvalue weighted by Crippen LogP contribution is 2.19. The number of benzene rings is 1. The van der Waals surface area contributed by atoms with Gasteiger partial charge in [0, 0.05) is 18.0 Å². The molecule has 2 aromatic heterocycles. The molecule has 0 radical (unpaired) electrons. The summed E-state index contributed by atoms with van der Waals surface area (Å²) < 4.78 is 0. The molecule has 0 aliphatic rings. The summed E-state index contributed by atoms with van der Waals surface area (Å²) in [5, 5.41) is 16.1. The molecule has 23 heavy (non-hydrogen) atoms. The number of tetrazole rings is 1. The number of likely N-dealkylation sites (N-methyl/N-ethyl adjacent to an activating group) is 1. The third-order valence-electron chi connectivity index (χ3n) is 3.77. The molecule has 0 aliphatic heterocycles. The Bertz CT molecular complexity index is 769. The molecule has 118 valence electrons. The van der Waals surface area contributed by atoms with E-state index < -0.39 is 0 Å². The minimum absolute atomic E-state index is 0.0106. The fourth-order valence-corrected chi connectivity index (χ4v) is 2.86. The zero-order valence-electron chi connectivity index (χ0n) is 13.0. The Labute approximate surface area is 138 Å². The van der Waals surface area contributed by atoms with Crippen molar-refractivity contribution in [2.75, 3.05) is 7.05 Å². The zero-order chi connectivity index (χ0) is 16.2. The molecule has 2 heterocycles. The first-order valence-electron chi connectivity index (χ1n) is 7.26. The van der Waals surface area contributed by atoms with Gasteiger partial charge >= 0.3 is 0 Å². The largest absolute Gasteiger partial charge is 0.337 e. The fourth-order valence-electron chi connectivity index (χ4n) is 2.22. The maximum absolute atomic E-state index is 12.4. The van der Waals surface area contributed by atoms with E-state index in [0.717, 1.165) is 11.1 Å². The first-order chi connectivity index (χ1) is 11.1. The SMILES string of the molecule is C[C@H](c1ccccc1)N(C)C(=O)Cn1nnc(-c2ccsc2)n1. The molecule has 3 aromatic rings. The van der Waals surface area contributed by atoms with Crippen molar-refractivity contribution in [3.8, 4) is 11.4 Å². The van der Waals surface area contributed by atoms with Gasteiger partial charge in [0.1, 0.15) is 6.54 Å². The summed E-state index contributed by atoms with van der Waals surface area (Å²) in [6.45, 7) is 2.07. The topological polar surface area (TPSA) is 63.9 Å². The number of aromatic nitrogens is 4. The highest BCUT2D eigenvalue weighted by Gasteiger charge is 2.18.